The molecule has 90 valence electrons. The Morgan fingerprint density at radius 2 is 1.89 bits per heavy atom. The zero-order valence-corrected chi connectivity index (χ0v) is 11.6. The van der Waals surface area contributed by atoms with Crippen molar-refractivity contribution in [3.05, 3.63) is 58.7 Å². The van der Waals surface area contributed by atoms with E-state index in [0.717, 1.165) is 21.4 Å². The number of nitrogens with zero attached hydrogens (tertiary/aromatic N) is 1. The van der Waals surface area contributed by atoms with E-state index in [0.29, 0.717) is 0 Å². The molecule has 1 heterocycles. The molecule has 0 unspecified atom stereocenters. The number of aryl methyl sites for hydroxylation is 1. The predicted octanol–water partition coefficient (Wildman–Crippen LogP) is 4.28. The molecule has 0 saturated carbocycles. The van der Waals surface area contributed by atoms with E-state index < -0.39 is 0 Å². The molecule has 0 fully saturated rings. The van der Waals surface area contributed by atoms with Crippen molar-refractivity contribution in [3.8, 4) is 5.69 Å². The molecule has 3 heteroatoms. The summed E-state index contributed by atoms with van der Waals surface area (Å²) in [7, 11) is 0. The molecule has 3 aromatic rings. The standard InChI is InChI=1S/C15H13BrN2/c1-10-8-11-6-7-18(15(11)12(16)9-10)14-5-3-2-4-13(14)17/h2-9H,17H2,1H3. The third-order valence-corrected chi connectivity index (χ3v) is 3.68. The summed E-state index contributed by atoms with van der Waals surface area (Å²) in [6.45, 7) is 2.10. The quantitative estimate of drug-likeness (QED) is 0.668. The zero-order valence-electron chi connectivity index (χ0n) is 10.0. The van der Waals surface area contributed by atoms with Crippen molar-refractivity contribution in [2.45, 2.75) is 6.92 Å². The monoisotopic (exact) mass is 300 g/mol. The maximum Gasteiger partial charge on any atom is 0.0686 e. The predicted molar refractivity (Wildman–Crippen MR) is 80.1 cm³/mol. The van der Waals surface area contributed by atoms with Gasteiger partial charge < -0.3 is 10.3 Å². The van der Waals surface area contributed by atoms with Crippen LogP contribution < -0.4 is 5.73 Å². The van der Waals surface area contributed by atoms with Crippen molar-refractivity contribution < 1.29 is 0 Å². The molecule has 0 aliphatic rings. The summed E-state index contributed by atoms with van der Waals surface area (Å²) in [4.78, 5) is 0. The van der Waals surface area contributed by atoms with Crippen LogP contribution in [0.15, 0.2) is 53.1 Å². The van der Waals surface area contributed by atoms with Gasteiger partial charge in [0, 0.05) is 16.1 Å². The Morgan fingerprint density at radius 1 is 1.11 bits per heavy atom. The zero-order chi connectivity index (χ0) is 12.7. The summed E-state index contributed by atoms with van der Waals surface area (Å²) >= 11 is 3.64. The molecule has 2 N–H and O–H groups in total. The molecule has 1 aromatic heterocycles. The van der Waals surface area contributed by atoms with E-state index in [1.807, 2.05) is 24.3 Å². The largest absolute Gasteiger partial charge is 0.397 e. The van der Waals surface area contributed by atoms with Crippen molar-refractivity contribution >= 4 is 32.5 Å². The molecule has 0 saturated heterocycles. The fourth-order valence-corrected chi connectivity index (χ4v) is 3.06. The number of benzene rings is 2. The molecule has 0 bridgehead atoms. The number of halogens is 1. The highest BCUT2D eigenvalue weighted by molar-refractivity contribution is 9.10. The maximum absolute atomic E-state index is 6.05. The van der Waals surface area contributed by atoms with Gasteiger partial charge in [-0.05, 0) is 58.7 Å². The summed E-state index contributed by atoms with van der Waals surface area (Å²) in [5, 5.41) is 1.21. The lowest BCUT2D eigenvalue weighted by Crippen LogP contribution is -1.98. The van der Waals surface area contributed by atoms with E-state index in [-0.39, 0.29) is 0 Å². The first kappa shape index (κ1) is 11.4. The van der Waals surface area contributed by atoms with E-state index in [9.17, 15) is 0 Å². The van der Waals surface area contributed by atoms with Crippen LogP contribution >= 0.6 is 15.9 Å². The first-order valence-electron chi connectivity index (χ1n) is 5.79. The lowest BCUT2D eigenvalue weighted by Gasteiger charge is -2.10. The van der Waals surface area contributed by atoms with E-state index in [1.54, 1.807) is 0 Å². The minimum Gasteiger partial charge on any atom is -0.397 e. The SMILES string of the molecule is Cc1cc(Br)c2c(ccn2-c2ccccc2N)c1. The number of fused-ring (bicyclic) bond motifs is 1. The molecule has 0 aliphatic carbocycles. The Morgan fingerprint density at radius 3 is 2.67 bits per heavy atom. The Hall–Kier alpha value is -1.74. The number of hydrogen-bond donors (Lipinski definition) is 1. The lowest BCUT2D eigenvalue weighted by atomic mass is 10.2. The molecular formula is C15H13BrN2. The van der Waals surface area contributed by atoms with Crippen LogP contribution in [0, 0.1) is 6.92 Å². The Balaban J connectivity index is 2.35. The number of rotatable bonds is 1. The minimum absolute atomic E-state index is 0.780. The third-order valence-electron chi connectivity index (χ3n) is 3.08. The third kappa shape index (κ3) is 1.71. The minimum atomic E-state index is 0.780. The summed E-state index contributed by atoms with van der Waals surface area (Å²) in [5.41, 5.74) is 10.2. The van der Waals surface area contributed by atoms with Gasteiger partial charge in [0.05, 0.1) is 16.9 Å². The Bertz CT molecular complexity index is 728. The van der Waals surface area contributed by atoms with Crippen molar-refractivity contribution in [1.29, 1.82) is 0 Å². The van der Waals surface area contributed by atoms with Crippen molar-refractivity contribution in [3.63, 3.8) is 0 Å². The second-order valence-electron chi connectivity index (χ2n) is 4.43. The number of para-hydroxylation sites is 2. The van der Waals surface area contributed by atoms with Gasteiger partial charge in [-0.2, -0.15) is 0 Å². The van der Waals surface area contributed by atoms with Crippen LogP contribution in [-0.2, 0) is 0 Å². The molecule has 18 heavy (non-hydrogen) atoms. The highest BCUT2D eigenvalue weighted by Crippen LogP contribution is 2.30. The van der Waals surface area contributed by atoms with Crippen LogP contribution in [0.4, 0.5) is 5.69 Å². The topological polar surface area (TPSA) is 30.9 Å². The molecule has 0 amide bonds. The second kappa shape index (κ2) is 4.18. The molecule has 2 nitrogen and oxygen atoms in total. The fraction of sp³-hybridized carbons (Fsp3) is 0.0667. The van der Waals surface area contributed by atoms with Gasteiger partial charge in [-0.1, -0.05) is 12.1 Å². The van der Waals surface area contributed by atoms with Gasteiger partial charge in [0.25, 0.3) is 0 Å². The van der Waals surface area contributed by atoms with Crippen LogP contribution in [-0.4, -0.2) is 4.57 Å². The number of anilines is 1. The number of hydrogen-bond acceptors (Lipinski definition) is 1. The van der Waals surface area contributed by atoms with Crippen LogP contribution in [0.2, 0.25) is 0 Å². The molecule has 3 rings (SSSR count). The molecular weight excluding hydrogens is 288 g/mol. The fourth-order valence-electron chi connectivity index (χ4n) is 2.28. The van der Waals surface area contributed by atoms with Gasteiger partial charge in [0.1, 0.15) is 0 Å². The summed E-state index contributed by atoms with van der Waals surface area (Å²) in [5.74, 6) is 0. The first-order chi connectivity index (χ1) is 8.66. The van der Waals surface area contributed by atoms with Crippen LogP contribution in [0.25, 0.3) is 16.6 Å². The van der Waals surface area contributed by atoms with Crippen LogP contribution in [0.1, 0.15) is 5.56 Å². The maximum atomic E-state index is 6.05. The van der Waals surface area contributed by atoms with Gasteiger partial charge in [-0.3, -0.25) is 0 Å². The molecule has 0 aliphatic heterocycles. The lowest BCUT2D eigenvalue weighted by molar-refractivity contribution is 1.13. The highest BCUT2D eigenvalue weighted by atomic mass is 79.9. The van der Waals surface area contributed by atoms with E-state index in [4.69, 9.17) is 5.73 Å². The van der Waals surface area contributed by atoms with E-state index in [2.05, 4.69) is 51.8 Å². The number of nitrogens with two attached hydrogens (primary N) is 1. The van der Waals surface area contributed by atoms with Gasteiger partial charge in [-0.25, -0.2) is 0 Å². The summed E-state index contributed by atoms with van der Waals surface area (Å²) in [6.07, 6.45) is 2.06. The summed E-state index contributed by atoms with van der Waals surface area (Å²) < 4.78 is 3.21. The molecule has 0 radical (unpaired) electrons. The highest BCUT2D eigenvalue weighted by Gasteiger charge is 2.09. The molecule has 0 atom stereocenters. The van der Waals surface area contributed by atoms with E-state index in [1.165, 1.54) is 10.9 Å². The van der Waals surface area contributed by atoms with Crippen molar-refractivity contribution in [2.24, 2.45) is 0 Å². The van der Waals surface area contributed by atoms with Crippen LogP contribution in [0.5, 0.6) is 0 Å². The van der Waals surface area contributed by atoms with Crippen molar-refractivity contribution in [1.82, 2.24) is 4.57 Å². The molecule has 2 aromatic carbocycles. The number of aromatic nitrogens is 1. The normalized spacial score (nSPS) is 11.0. The Kier molecular flexibility index (Phi) is 2.63. The smallest absolute Gasteiger partial charge is 0.0686 e. The average molecular weight is 301 g/mol. The van der Waals surface area contributed by atoms with Gasteiger partial charge >= 0.3 is 0 Å². The number of nitrogen functional groups attached to an aromatic ring is 1. The summed E-state index contributed by atoms with van der Waals surface area (Å²) in [6, 6.07) is 14.3. The van der Waals surface area contributed by atoms with Gasteiger partial charge in [0.2, 0.25) is 0 Å². The molecule has 0 spiro atoms. The van der Waals surface area contributed by atoms with Crippen LogP contribution in [0.3, 0.4) is 0 Å². The first-order valence-corrected chi connectivity index (χ1v) is 6.58. The average Bonchev–Trinajstić information content (AvgIpc) is 2.73. The Labute approximate surface area is 114 Å². The van der Waals surface area contributed by atoms with Gasteiger partial charge in [0.15, 0.2) is 0 Å². The van der Waals surface area contributed by atoms with E-state index >= 15 is 0 Å². The second-order valence-corrected chi connectivity index (χ2v) is 5.28. The van der Waals surface area contributed by atoms with Gasteiger partial charge in [-0.15, -0.1) is 0 Å². The van der Waals surface area contributed by atoms with Crippen molar-refractivity contribution in [2.75, 3.05) is 5.73 Å².